The number of aromatic nitrogens is 1. The zero-order valence-electron chi connectivity index (χ0n) is 11.9. The van der Waals surface area contributed by atoms with Crippen LogP contribution in [-0.2, 0) is 6.42 Å². The van der Waals surface area contributed by atoms with E-state index in [4.69, 9.17) is 0 Å². The molecule has 0 saturated heterocycles. The largest absolute Gasteiger partial charge is 0.313 e. The molecule has 0 saturated carbocycles. The van der Waals surface area contributed by atoms with Crippen LogP contribution >= 0.6 is 22.6 Å². The van der Waals surface area contributed by atoms with E-state index in [1.165, 1.54) is 20.1 Å². The highest BCUT2D eigenvalue weighted by Gasteiger charge is 2.13. The van der Waals surface area contributed by atoms with E-state index in [0.717, 1.165) is 11.9 Å². The number of rotatable bonds is 4. The van der Waals surface area contributed by atoms with Crippen molar-refractivity contribution in [3.63, 3.8) is 0 Å². The van der Waals surface area contributed by atoms with Crippen LogP contribution in [0.1, 0.15) is 17.2 Å². The Balaban J connectivity index is 1.96. The van der Waals surface area contributed by atoms with Gasteiger partial charge < -0.3 is 5.32 Å². The second-order valence-corrected chi connectivity index (χ2v) is 6.33. The van der Waals surface area contributed by atoms with Crippen molar-refractivity contribution in [2.75, 3.05) is 7.05 Å². The Morgan fingerprint density at radius 1 is 1.05 bits per heavy atom. The van der Waals surface area contributed by atoms with Crippen LogP contribution in [0.15, 0.2) is 60.8 Å². The standard InChI is InChI=1S/C18H17IN2/c1-20-18(12-13-7-9-14(19)10-8-13)16-4-2-6-17-15(16)5-3-11-21-17/h2-11,18,20H,12H2,1H3. The van der Waals surface area contributed by atoms with Gasteiger partial charge in [0.05, 0.1) is 5.52 Å². The van der Waals surface area contributed by atoms with Crippen molar-refractivity contribution in [1.29, 1.82) is 0 Å². The molecule has 0 fully saturated rings. The SMILES string of the molecule is CNC(Cc1ccc(I)cc1)c1cccc2ncccc12. The number of nitrogens with one attached hydrogen (secondary N) is 1. The highest BCUT2D eigenvalue weighted by Crippen LogP contribution is 2.25. The number of nitrogens with zero attached hydrogens (tertiary/aromatic N) is 1. The molecule has 0 aliphatic carbocycles. The van der Waals surface area contributed by atoms with Gasteiger partial charge in [0.25, 0.3) is 0 Å². The maximum Gasteiger partial charge on any atom is 0.0705 e. The van der Waals surface area contributed by atoms with Crippen molar-refractivity contribution >= 4 is 33.5 Å². The first-order valence-corrected chi connectivity index (χ1v) is 8.11. The number of hydrogen-bond acceptors (Lipinski definition) is 2. The van der Waals surface area contributed by atoms with Gasteiger partial charge in [-0.25, -0.2) is 0 Å². The Morgan fingerprint density at radius 3 is 2.62 bits per heavy atom. The summed E-state index contributed by atoms with van der Waals surface area (Å²) >= 11 is 2.34. The minimum atomic E-state index is 0.290. The average Bonchev–Trinajstić information content (AvgIpc) is 2.54. The monoisotopic (exact) mass is 388 g/mol. The Labute approximate surface area is 138 Å². The first-order valence-electron chi connectivity index (χ1n) is 7.03. The second kappa shape index (κ2) is 6.54. The van der Waals surface area contributed by atoms with Gasteiger partial charge >= 0.3 is 0 Å². The maximum absolute atomic E-state index is 4.45. The number of likely N-dealkylation sites (N-methyl/N-ethyl adjacent to an activating group) is 1. The molecular formula is C18H17IN2. The molecule has 21 heavy (non-hydrogen) atoms. The molecule has 1 atom stereocenters. The first kappa shape index (κ1) is 14.5. The van der Waals surface area contributed by atoms with Crippen molar-refractivity contribution in [3.8, 4) is 0 Å². The molecule has 0 bridgehead atoms. The van der Waals surface area contributed by atoms with Gasteiger partial charge in [0.1, 0.15) is 0 Å². The summed E-state index contributed by atoms with van der Waals surface area (Å²) in [5.41, 5.74) is 3.70. The van der Waals surface area contributed by atoms with Crippen LogP contribution in [0.2, 0.25) is 0 Å². The predicted octanol–water partition coefficient (Wildman–Crippen LogP) is 4.34. The Hall–Kier alpha value is -1.46. The summed E-state index contributed by atoms with van der Waals surface area (Å²) in [5.74, 6) is 0. The third-order valence-corrected chi connectivity index (χ3v) is 4.48. The second-order valence-electron chi connectivity index (χ2n) is 5.09. The Bertz CT molecular complexity index is 732. The molecule has 1 N–H and O–H groups in total. The average molecular weight is 388 g/mol. The molecule has 106 valence electrons. The number of fused-ring (bicyclic) bond motifs is 1. The number of pyridine rings is 1. The van der Waals surface area contributed by atoms with E-state index in [1.54, 1.807) is 0 Å². The molecular weight excluding hydrogens is 371 g/mol. The molecule has 0 aliphatic rings. The van der Waals surface area contributed by atoms with Gasteiger partial charge in [0.2, 0.25) is 0 Å². The van der Waals surface area contributed by atoms with Gasteiger partial charge in [-0.3, -0.25) is 4.98 Å². The van der Waals surface area contributed by atoms with Crippen LogP contribution in [0.3, 0.4) is 0 Å². The summed E-state index contributed by atoms with van der Waals surface area (Å²) in [6.45, 7) is 0. The fourth-order valence-corrected chi connectivity index (χ4v) is 3.01. The minimum absolute atomic E-state index is 0.290. The Morgan fingerprint density at radius 2 is 1.86 bits per heavy atom. The van der Waals surface area contributed by atoms with Gasteiger partial charge in [-0.05, 0) is 71.5 Å². The topological polar surface area (TPSA) is 24.9 Å². The lowest BCUT2D eigenvalue weighted by Crippen LogP contribution is -2.19. The molecule has 3 heteroatoms. The lowest BCUT2D eigenvalue weighted by Gasteiger charge is -2.18. The molecule has 3 aromatic rings. The van der Waals surface area contributed by atoms with Crippen molar-refractivity contribution in [2.24, 2.45) is 0 Å². The molecule has 0 spiro atoms. The highest BCUT2D eigenvalue weighted by atomic mass is 127. The van der Waals surface area contributed by atoms with E-state index in [9.17, 15) is 0 Å². The fourth-order valence-electron chi connectivity index (χ4n) is 2.65. The molecule has 0 radical (unpaired) electrons. The normalized spacial score (nSPS) is 12.5. The lowest BCUT2D eigenvalue weighted by atomic mass is 9.95. The van der Waals surface area contributed by atoms with Crippen LogP contribution in [0.25, 0.3) is 10.9 Å². The molecule has 2 nitrogen and oxygen atoms in total. The van der Waals surface area contributed by atoms with Gasteiger partial charge in [0.15, 0.2) is 0 Å². The summed E-state index contributed by atoms with van der Waals surface area (Å²) in [6, 6.07) is 19.5. The molecule has 3 rings (SSSR count). The van der Waals surface area contributed by atoms with E-state index >= 15 is 0 Å². The van der Waals surface area contributed by atoms with Crippen molar-refractivity contribution in [2.45, 2.75) is 12.5 Å². The highest BCUT2D eigenvalue weighted by molar-refractivity contribution is 14.1. The molecule has 2 aromatic carbocycles. The van der Waals surface area contributed by atoms with Crippen molar-refractivity contribution in [1.82, 2.24) is 10.3 Å². The molecule has 1 aromatic heterocycles. The summed E-state index contributed by atoms with van der Waals surface area (Å²) in [4.78, 5) is 4.45. The summed E-state index contributed by atoms with van der Waals surface area (Å²) in [7, 11) is 2.02. The van der Waals surface area contributed by atoms with Crippen LogP contribution in [0, 0.1) is 3.57 Å². The molecule has 0 amide bonds. The van der Waals surface area contributed by atoms with Crippen LogP contribution in [0.4, 0.5) is 0 Å². The third kappa shape index (κ3) is 3.24. The first-order chi connectivity index (χ1) is 10.3. The van der Waals surface area contributed by atoms with Crippen LogP contribution in [0.5, 0.6) is 0 Å². The smallest absolute Gasteiger partial charge is 0.0705 e. The van der Waals surface area contributed by atoms with Gasteiger partial charge in [-0.2, -0.15) is 0 Å². The summed E-state index contributed by atoms with van der Waals surface area (Å²) in [5, 5.41) is 4.67. The zero-order valence-corrected chi connectivity index (χ0v) is 14.0. The number of hydrogen-bond donors (Lipinski definition) is 1. The minimum Gasteiger partial charge on any atom is -0.313 e. The van der Waals surface area contributed by atoms with Gasteiger partial charge in [-0.15, -0.1) is 0 Å². The van der Waals surface area contributed by atoms with Crippen LogP contribution < -0.4 is 5.32 Å². The number of benzene rings is 2. The maximum atomic E-state index is 4.45. The molecule has 1 unspecified atom stereocenters. The quantitative estimate of drug-likeness (QED) is 0.673. The van der Waals surface area contributed by atoms with Crippen molar-refractivity contribution in [3.05, 3.63) is 75.5 Å². The van der Waals surface area contributed by atoms with E-state index in [0.29, 0.717) is 0 Å². The van der Waals surface area contributed by atoms with Gasteiger partial charge in [-0.1, -0.05) is 30.3 Å². The van der Waals surface area contributed by atoms with Crippen molar-refractivity contribution < 1.29 is 0 Å². The lowest BCUT2D eigenvalue weighted by molar-refractivity contribution is 0.596. The summed E-state index contributed by atoms with van der Waals surface area (Å²) < 4.78 is 1.27. The van der Waals surface area contributed by atoms with E-state index in [1.807, 2.05) is 19.3 Å². The zero-order chi connectivity index (χ0) is 14.7. The van der Waals surface area contributed by atoms with E-state index in [2.05, 4.69) is 81.4 Å². The number of halogens is 1. The van der Waals surface area contributed by atoms with E-state index < -0.39 is 0 Å². The molecule has 1 heterocycles. The fraction of sp³-hybridized carbons (Fsp3) is 0.167. The molecule has 0 aliphatic heterocycles. The summed E-state index contributed by atoms with van der Waals surface area (Å²) in [6.07, 6.45) is 2.82. The van der Waals surface area contributed by atoms with Gasteiger partial charge in [0, 0.05) is 21.2 Å². The predicted molar refractivity (Wildman–Crippen MR) is 96.4 cm³/mol. The van der Waals surface area contributed by atoms with Crippen LogP contribution in [-0.4, -0.2) is 12.0 Å². The Kier molecular flexibility index (Phi) is 4.51. The third-order valence-electron chi connectivity index (χ3n) is 3.76. The van der Waals surface area contributed by atoms with E-state index in [-0.39, 0.29) is 6.04 Å².